The average molecular weight is 211 g/mol. The Bertz CT molecular complexity index is 286. The van der Waals surface area contributed by atoms with Gasteiger partial charge < -0.3 is 14.4 Å². The van der Waals surface area contributed by atoms with Gasteiger partial charge in [0.1, 0.15) is 0 Å². The molecule has 3 fully saturated rings. The Labute approximate surface area is 89.5 Å². The van der Waals surface area contributed by atoms with Gasteiger partial charge in [0.05, 0.1) is 13.2 Å². The van der Waals surface area contributed by atoms with E-state index in [1.54, 1.807) is 0 Å². The fraction of sp³-hybridized carbons (Fsp3) is 0.909. The van der Waals surface area contributed by atoms with E-state index in [4.69, 9.17) is 9.47 Å². The normalized spacial score (nSPS) is 38.7. The van der Waals surface area contributed by atoms with Crippen molar-refractivity contribution in [2.75, 3.05) is 19.8 Å². The largest absolute Gasteiger partial charge is 0.347 e. The molecule has 3 rings (SSSR count). The SMILES string of the molecule is CC1(C2CC(=O)N3CCCC23)OCCO1. The first-order valence-corrected chi connectivity index (χ1v) is 5.78. The third-order valence-corrected chi connectivity index (χ3v) is 4.01. The molecule has 4 nitrogen and oxygen atoms in total. The molecule has 4 heteroatoms. The molecule has 2 atom stereocenters. The van der Waals surface area contributed by atoms with E-state index < -0.39 is 5.79 Å². The maximum absolute atomic E-state index is 11.8. The van der Waals surface area contributed by atoms with E-state index in [0.29, 0.717) is 25.7 Å². The molecular formula is C11H17NO3. The Balaban J connectivity index is 1.84. The summed E-state index contributed by atoms with van der Waals surface area (Å²) in [6.07, 6.45) is 2.84. The molecule has 0 N–H and O–H groups in total. The molecule has 3 heterocycles. The Morgan fingerprint density at radius 2 is 2.13 bits per heavy atom. The number of hydrogen-bond donors (Lipinski definition) is 0. The van der Waals surface area contributed by atoms with Crippen LogP contribution in [-0.4, -0.2) is 42.4 Å². The fourth-order valence-corrected chi connectivity index (χ4v) is 3.24. The third-order valence-electron chi connectivity index (χ3n) is 4.01. The van der Waals surface area contributed by atoms with Crippen molar-refractivity contribution in [1.82, 2.24) is 4.90 Å². The lowest BCUT2D eigenvalue weighted by Gasteiger charge is -2.32. The highest BCUT2D eigenvalue weighted by atomic mass is 16.7. The molecule has 15 heavy (non-hydrogen) atoms. The average Bonchev–Trinajstić information content (AvgIpc) is 2.85. The van der Waals surface area contributed by atoms with Crippen molar-refractivity contribution in [3.8, 4) is 0 Å². The number of rotatable bonds is 1. The van der Waals surface area contributed by atoms with Crippen molar-refractivity contribution in [1.29, 1.82) is 0 Å². The minimum absolute atomic E-state index is 0.231. The Morgan fingerprint density at radius 1 is 1.40 bits per heavy atom. The van der Waals surface area contributed by atoms with Crippen molar-refractivity contribution in [3.63, 3.8) is 0 Å². The second-order valence-corrected chi connectivity index (χ2v) is 4.82. The number of carbonyl (C=O) groups is 1. The Morgan fingerprint density at radius 3 is 2.87 bits per heavy atom. The van der Waals surface area contributed by atoms with E-state index in [0.717, 1.165) is 19.4 Å². The van der Waals surface area contributed by atoms with Gasteiger partial charge in [0, 0.05) is 24.9 Å². The molecule has 1 amide bonds. The molecule has 0 spiro atoms. The van der Waals surface area contributed by atoms with Crippen LogP contribution in [0.5, 0.6) is 0 Å². The zero-order valence-electron chi connectivity index (χ0n) is 9.07. The van der Waals surface area contributed by atoms with Gasteiger partial charge in [0.15, 0.2) is 5.79 Å². The second-order valence-electron chi connectivity index (χ2n) is 4.82. The molecule has 0 aliphatic carbocycles. The van der Waals surface area contributed by atoms with Crippen molar-refractivity contribution in [2.45, 2.75) is 38.0 Å². The summed E-state index contributed by atoms with van der Waals surface area (Å²) in [6, 6.07) is 0.362. The van der Waals surface area contributed by atoms with Gasteiger partial charge >= 0.3 is 0 Å². The van der Waals surface area contributed by atoms with Gasteiger partial charge in [-0.3, -0.25) is 4.79 Å². The third kappa shape index (κ3) is 1.31. The summed E-state index contributed by atoms with van der Waals surface area (Å²) in [5.74, 6) is -0.00259. The minimum Gasteiger partial charge on any atom is -0.347 e. The molecule has 0 radical (unpaired) electrons. The van der Waals surface area contributed by atoms with Crippen LogP contribution in [0.15, 0.2) is 0 Å². The maximum Gasteiger partial charge on any atom is 0.223 e. The van der Waals surface area contributed by atoms with Crippen molar-refractivity contribution in [3.05, 3.63) is 0 Å². The number of nitrogens with zero attached hydrogens (tertiary/aromatic N) is 1. The minimum atomic E-state index is -0.514. The van der Waals surface area contributed by atoms with E-state index in [9.17, 15) is 4.79 Å². The van der Waals surface area contributed by atoms with Crippen molar-refractivity contribution in [2.24, 2.45) is 5.92 Å². The van der Waals surface area contributed by atoms with Gasteiger partial charge in [-0.2, -0.15) is 0 Å². The monoisotopic (exact) mass is 211 g/mol. The van der Waals surface area contributed by atoms with E-state index in [1.807, 2.05) is 11.8 Å². The molecule has 2 unspecified atom stereocenters. The lowest BCUT2D eigenvalue weighted by Crippen LogP contribution is -2.42. The van der Waals surface area contributed by atoms with Gasteiger partial charge in [-0.15, -0.1) is 0 Å². The highest BCUT2D eigenvalue weighted by molar-refractivity contribution is 5.79. The number of amides is 1. The van der Waals surface area contributed by atoms with Gasteiger partial charge in [-0.05, 0) is 19.8 Å². The summed E-state index contributed by atoms with van der Waals surface area (Å²) < 4.78 is 11.4. The topological polar surface area (TPSA) is 38.8 Å². The number of carbonyl (C=O) groups excluding carboxylic acids is 1. The van der Waals surface area contributed by atoms with Gasteiger partial charge in [0.2, 0.25) is 5.91 Å². The zero-order valence-corrected chi connectivity index (χ0v) is 9.07. The van der Waals surface area contributed by atoms with E-state index in [2.05, 4.69) is 0 Å². The molecule has 3 aliphatic heterocycles. The van der Waals surface area contributed by atoms with Crippen LogP contribution in [0.25, 0.3) is 0 Å². The van der Waals surface area contributed by atoms with Crippen LogP contribution in [0.3, 0.4) is 0 Å². The van der Waals surface area contributed by atoms with Crippen LogP contribution >= 0.6 is 0 Å². The number of fused-ring (bicyclic) bond motifs is 1. The van der Waals surface area contributed by atoms with Crippen LogP contribution in [0.2, 0.25) is 0 Å². The summed E-state index contributed by atoms with van der Waals surface area (Å²) in [7, 11) is 0. The fourth-order valence-electron chi connectivity index (χ4n) is 3.24. The maximum atomic E-state index is 11.8. The summed E-state index contributed by atoms with van der Waals surface area (Å²) in [5, 5.41) is 0. The summed E-state index contributed by atoms with van der Waals surface area (Å²) in [6.45, 7) is 4.23. The quantitative estimate of drug-likeness (QED) is 0.642. The molecule has 3 aliphatic rings. The number of hydrogen-bond acceptors (Lipinski definition) is 3. The summed E-state index contributed by atoms with van der Waals surface area (Å²) in [5.41, 5.74) is 0. The van der Waals surface area contributed by atoms with Crippen molar-refractivity contribution >= 4 is 5.91 Å². The first kappa shape index (κ1) is 9.60. The zero-order chi connectivity index (χ0) is 10.5. The van der Waals surface area contributed by atoms with Crippen LogP contribution in [0, 0.1) is 5.92 Å². The molecule has 0 bridgehead atoms. The lowest BCUT2D eigenvalue weighted by molar-refractivity contribution is -0.185. The lowest BCUT2D eigenvalue weighted by atomic mass is 9.90. The standard InChI is InChI=1S/C11H17NO3/c1-11(14-5-6-15-11)8-7-10(13)12-4-2-3-9(8)12/h8-9H,2-7H2,1H3. The molecule has 84 valence electrons. The molecule has 0 aromatic rings. The van der Waals surface area contributed by atoms with Crippen LogP contribution < -0.4 is 0 Å². The molecule has 0 aromatic heterocycles. The van der Waals surface area contributed by atoms with Gasteiger partial charge in [-0.1, -0.05) is 0 Å². The van der Waals surface area contributed by atoms with E-state index >= 15 is 0 Å². The number of ether oxygens (including phenoxy) is 2. The van der Waals surface area contributed by atoms with Crippen LogP contribution in [0.4, 0.5) is 0 Å². The van der Waals surface area contributed by atoms with E-state index in [1.165, 1.54) is 0 Å². The second kappa shape index (κ2) is 3.19. The highest BCUT2D eigenvalue weighted by Crippen LogP contribution is 2.43. The smallest absolute Gasteiger partial charge is 0.223 e. The molecular weight excluding hydrogens is 194 g/mol. The van der Waals surface area contributed by atoms with Gasteiger partial charge in [-0.25, -0.2) is 0 Å². The van der Waals surface area contributed by atoms with Crippen LogP contribution in [-0.2, 0) is 14.3 Å². The van der Waals surface area contributed by atoms with Crippen LogP contribution in [0.1, 0.15) is 26.2 Å². The molecule has 0 aromatic carbocycles. The first-order chi connectivity index (χ1) is 7.21. The predicted molar refractivity (Wildman–Crippen MR) is 53.2 cm³/mol. The van der Waals surface area contributed by atoms with E-state index in [-0.39, 0.29) is 11.8 Å². The summed E-state index contributed by atoms with van der Waals surface area (Å²) in [4.78, 5) is 13.8. The Kier molecular flexibility index (Phi) is 2.04. The highest BCUT2D eigenvalue weighted by Gasteiger charge is 2.53. The predicted octanol–water partition coefficient (Wildman–Crippen LogP) is 0.760. The summed E-state index contributed by atoms with van der Waals surface area (Å²) >= 11 is 0. The first-order valence-electron chi connectivity index (χ1n) is 5.78. The Hall–Kier alpha value is -0.610. The molecule has 3 saturated heterocycles. The molecule has 0 saturated carbocycles. The van der Waals surface area contributed by atoms with Gasteiger partial charge in [0.25, 0.3) is 0 Å². The van der Waals surface area contributed by atoms with Crippen molar-refractivity contribution < 1.29 is 14.3 Å².